The van der Waals surface area contributed by atoms with Crippen molar-refractivity contribution >= 4 is 22.1 Å². The lowest BCUT2D eigenvalue weighted by Gasteiger charge is -2.28. The van der Waals surface area contributed by atoms with Gasteiger partial charge < -0.3 is 28.5 Å². The zero-order valence-corrected chi connectivity index (χ0v) is 42.4. The fraction of sp³-hybridized carbons (Fsp3) is 0.344. The molecule has 10 heteroatoms. The number of aryl methyl sites for hydroxylation is 2. The summed E-state index contributed by atoms with van der Waals surface area (Å²) in [7, 11) is 0. The first-order valence-corrected chi connectivity index (χ1v) is 27.4. The van der Waals surface area contributed by atoms with Gasteiger partial charge in [-0.1, -0.05) is 166 Å². The number of hydrogen-bond donors (Lipinski definition) is 4. The maximum Gasteiger partial charge on any atom is 0.146 e. The van der Waals surface area contributed by atoms with Crippen LogP contribution in [-0.4, -0.2) is 50.7 Å². The fourth-order valence-electron chi connectivity index (χ4n) is 12.9. The lowest BCUT2D eigenvalue weighted by Crippen LogP contribution is -2.32. The predicted molar refractivity (Wildman–Crippen MR) is 296 cm³/mol. The molecule has 0 spiro atoms. The summed E-state index contributed by atoms with van der Waals surface area (Å²) in [6, 6.07) is 49.7. The second kappa shape index (κ2) is 21.0. The van der Waals surface area contributed by atoms with Crippen LogP contribution in [0.4, 0.5) is 0 Å². The summed E-state index contributed by atoms with van der Waals surface area (Å²) < 4.78 is 8.82. The molecule has 4 heterocycles. The van der Waals surface area contributed by atoms with E-state index in [0.29, 0.717) is 30.0 Å². The van der Waals surface area contributed by atoms with E-state index in [0.717, 1.165) is 142 Å². The van der Waals surface area contributed by atoms with Crippen molar-refractivity contribution in [3.8, 4) is 55.9 Å². The summed E-state index contributed by atoms with van der Waals surface area (Å²) in [6.07, 6.45) is 17.1. The van der Waals surface area contributed by atoms with Crippen LogP contribution >= 0.6 is 0 Å². The topological polar surface area (TPSA) is 134 Å². The number of benzene rings is 5. The smallest absolute Gasteiger partial charge is 0.146 e. The number of aromatic nitrogens is 6. The van der Waals surface area contributed by atoms with Gasteiger partial charge in [0.05, 0.1) is 47.0 Å². The van der Waals surface area contributed by atoms with Crippen molar-refractivity contribution in [2.45, 2.75) is 128 Å². The Bertz CT molecular complexity index is 3530. The van der Waals surface area contributed by atoms with E-state index in [1.54, 1.807) is 0 Å². The third kappa shape index (κ3) is 9.28. The molecule has 0 amide bonds. The molecule has 12 rings (SSSR count). The molecule has 74 heavy (non-hydrogen) atoms. The summed E-state index contributed by atoms with van der Waals surface area (Å²) in [4.78, 5) is 10.4. The molecule has 0 unspecified atom stereocenters. The van der Waals surface area contributed by atoms with Crippen LogP contribution in [-0.2, 0) is 26.1 Å². The third-order valence-corrected chi connectivity index (χ3v) is 16.9. The van der Waals surface area contributed by atoms with Gasteiger partial charge in [-0.3, -0.25) is 10.8 Å². The molecule has 3 fully saturated rings. The fourth-order valence-corrected chi connectivity index (χ4v) is 12.9. The van der Waals surface area contributed by atoms with Crippen LogP contribution in [0.2, 0.25) is 0 Å². The lowest BCUT2D eigenvalue weighted by atomic mass is 9.86. The number of aliphatic hydroxyl groups excluding tert-OH is 2. The van der Waals surface area contributed by atoms with Gasteiger partial charge in [0.2, 0.25) is 0 Å². The second-order valence-electron chi connectivity index (χ2n) is 21.6. The molecular formula is C64H68N8O2. The van der Waals surface area contributed by atoms with Gasteiger partial charge >= 0.3 is 0 Å². The van der Waals surface area contributed by atoms with Gasteiger partial charge in [-0.2, -0.15) is 0 Å². The summed E-state index contributed by atoms with van der Waals surface area (Å²) in [5.74, 6) is 0.654. The monoisotopic (exact) mass is 981 g/mol. The molecule has 4 N–H and O–H groups in total. The third-order valence-electron chi connectivity index (χ3n) is 16.9. The van der Waals surface area contributed by atoms with Crippen LogP contribution in [0.5, 0.6) is 0 Å². The molecule has 0 aliphatic heterocycles. The molecule has 3 saturated carbocycles. The standard InChI is InChI=1S/C64H68N8O2/c65-61-57-56(60(48-22-11-4-12-23-48)71(39-44-16-5-1-6-17-44)64(57)67-41-69(61)40-51-24-13-14-27-54(51)74)50-26-15-25-49(38-50)45-30-28-43(29-31-45)36-37-70-59(47-20-9-3-10-21-47)55(46-18-7-2-8-19-46)58-62(66)72(42-68-63(58)70)52-32-34-53(73)35-33-52/h2-4,7-12,15,18-23,25-26,28-31,38,41-42,44,51-54,65-66,73-74H,1,5-6,13-14,16-17,24,27,32-37,39-40H2/t51-,52-,53-,54+/m1/s1. The van der Waals surface area contributed by atoms with Gasteiger partial charge in [-0.25, -0.2) is 9.97 Å². The van der Waals surface area contributed by atoms with E-state index >= 15 is 0 Å². The maximum absolute atomic E-state index is 11.1. The highest BCUT2D eigenvalue weighted by molar-refractivity contribution is 6.04. The van der Waals surface area contributed by atoms with Gasteiger partial charge in [-0.15, -0.1) is 0 Å². The van der Waals surface area contributed by atoms with E-state index in [2.05, 4.69) is 147 Å². The van der Waals surface area contributed by atoms with Crippen molar-refractivity contribution in [1.82, 2.24) is 28.2 Å². The molecule has 10 nitrogen and oxygen atoms in total. The minimum absolute atomic E-state index is 0.105. The number of aliphatic hydroxyl groups is 2. The summed E-state index contributed by atoms with van der Waals surface area (Å²) in [6.45, 7) is 2.12. The van der Waals surface area contributed by atoms with Crippen molar-refractivity contribution in [3.63, 3.8) is 0 Å². The molecule has 0 saturated heterocycles. The van der Waals surface area contributed by atoms with Crippen LogP contribution in [0.15, 0.2) is 152 Å². The number of fused-ring (bicyclic) bond motifs is 2. The van der Waals surface area contributed by atoms with E-state index in [1.807, 2.05) is 23.3 Å². The van der Waals surface area contributed by atoms with Gasteiger partial charge in [0.25, 0.3) is 0 Å². The number of rotatable bonds is 13. The molecular weight excluding hydrogens is 913 g/mol. The van der Waals surface area contributed by atoms with Crippen molar-refractivity contribution in [1.29, 1.82) is 10.8 Å². The van der Waals surface area contributed by atoms with Crippen LogP contribution in [0, 0.1) is 22.7 Å². The largest absolute Gasteiger partial charge is 0.393 e. The Morgan fingerprint density at radius 1 is 0.486 bits per heavy atom. The van der Waals surface area contributed by atoms with E-state index in [1.165, 1.54) is 37.7 Å². The highest BCUT2D eigenvalue weighted by atomic mass is 16.3. The molecule has 0 bridgehead atoms. The SMILES string of the molecule is N=c1c2c(-c3cccc(-c4ccc(CCn5c(-c6ccccc6)c(-c6ccccc6)c6c(=N)n([C@H]7CC[C@H](O)CC7)cnc65)cc4)c3)c(-c3ccccc3)n(CC3CCCCC3)c2ncn1C[C@H]1CCCC[C@@H]1O. The lowest BCUT2D eigenvalue weighted by molar-refractivity contribution is 0.0598. The Hall–Kier alpha value is -7.14. The Morgan fingerprint density at radius 2 is 1.05 bits per heavy atom. The van der Waals surface area contributed by atoms with Crippen LogP contribution in [0.3, 0.4) is 0 Å². The zero-order valence-electron chi connectivity index (χ0n) is 42.4. The minimum Gasteiger partial charge on any atom is -0.393 e. The maximum atomic E-state index is 11.1. The summed E-state index contributed by atoms with van der Waals surface area (Å²) in [5, 5.41) is 42.9. The molecule has 2 atom stereocenters. The molecule has 9 aromatic rings. The van der Waals surface area contributed by atoms with Gasteiger partial charge in [0.1, 0.15) is 22.3 Å². The van der Waals surface area contributed by atoms with Crippen molar-refractivity contribution in [2.75, 3.05) is 0 Å². The highest BCUT2D eigenvalue weighted by Crippen LogP contribution is 2.43. The number of nitrogens with one attached hydrogen (secondary N) is 2. The van der Waals surface area contributed by atoms with E-state index < -0.39 is 0 Å². The molecule has 4 aromatic heterocycles. The molecule has 3 aliphatic carbocycles. The van der Waals surface area contributed by atoms with Crippen LogP contribution in [0.25, 0.3) is 78.0 Å². The van der Waals surface area contributed by atoms with Crippen LogP contribution < -0.4 is 11.0 Å². The molecule has 376 valence electrons. The molecule has 5 aromatic carbocycles. The predicted octanol–water partition coefficient (Wildman–Crippen LogP) is 13.1. The zero-order chi connectivity index (χ0) is 50.1. The normalized spacial score (nSPS) is 19.6. The first-order chi connectivity index (χ1) is 36.4. The van der Waals surface area contributed by atoms with E-state index in [4.69, 9.17) is 9.97 Å². The average Bonchev–Trinajstić information content (AvgIpc) is 3.98. The van der Waals surface area contributed by atoms with Gasteiger partial charge in [-0.05, 0) is 109 Å². The number of hydrogen-bond acceptors (Lipinski definition) is 6. The van der Waals surface area contributed by atoms with E-state index in [9.17, 15) is 21.0 Å². The Balaban J connectivity index is 0.917. The Labute approximate surface area is 433 Å². The summed E-state index contributed by atoms with van der Waals surface area (Å²) in [5.41, 5.74) is 14.6. The minimum atomic E-state index is -0.358. The first kappa shape index (κ1) is 47.8. The first-order valence-electron chi connectivity index (χ1n) is 27.4. The van der Waals surface area contributed by atoms with Crippen molar-refractivity contribution < 1.29 is 10.2 Å². The van der Waals surface area contributed by atoms with Crippen molar-refractivity contribution in [3.05, 3.63) is 169 Å². The van der Waals surface area contributed by atoms with Crippen LogP contribution in [0.1, 0.15) is 95.1 Å². The Kier molecular flexibility index (Phi) is 13.6. The van der Waals surface area contributed by atoms with Gasteiger partial charge in [0.15, 0.2) is 0 Å². The average molecular weight is 981 g/mol. The van der Waals surface area contributed by atoms with Gasteiger partial charge in [0, 0.05) is 42.7 Å². The van der Waals surface area contributed by atoms with E-state index in [-0.39, 0.29) is 24.2 Å². The van der Waals surface area contributed by atoms with Crippen molar-refractivity contribution in [2.24, 2.45) is 11.8 Å². The molecule has 3 aliphatic rings. The highest BCUT2D eigenvalue weighted by Gasteiger charge is 2.30. The number of nitrogens with zero attached hydrogens (tertiary/aromatic N) is 6. The molecule has 0 radical (unpaired) electrons. The Morgan fingerprint density at radius 3 is 1.74 bits per heavy atom. The second-order valence-corrected chi connectivity index (χ2v) is 21.6. The quantitative estimate of drug-likeness (QED) is 0.0915. The summed E-state index contributed by atoms with van der Waals surface area (Å²) >= 11 is 0.